The molecule has 1 saturated carbocycles. The third-order valence-corrected chi connectivity index (χ3v) is 8.04. The average molecular weight is 452 g/mol. The van der Waals surface area contributed by atoms with Crippen LogP contribution in [0, 0.1) is 5.92 Å². The van der Waals surface area contributed by atoms with Crippen LogP contribution in [0.4, 0.5) is 14.5 Å². The minimum atomic E-state index is -3.64. The highest BCUT2D eigenvalue weighted by Crippen LogP contribution is 2.58. The Morgan fingerprint density at radius 1 is 1.24 bits per heavy atom. The van der Waals surface area contributed by atoms with Crippen molar-refractivity contribution < 1.29 is 18.6 Å². The number of fused-ring (bicyclic) bond motifs is 1. The van der Waals surface area contributed by atoms with Gasteiger partial charge in [-0.1, -0.05) is 44.2 Å². The fourth-order valence-corrected chi connectivity index (χ4v) is 6.24. The molecule has 0 spiro atoms. The topological polar surface area (TPSA) is 52.5 Å². The maximum atomic E-state index is 14.1. The van der Waals surface area contributed by atoms with Gasteiger partial charge in [-0.3, -0.25) is 0 Å². The summed E-state index contributed by atoms with van der Waals surface area (Å²) in [5, 5.41) is 4.05. The molecule has 0 radical (unpaired) electrons. The Labute approximate surface area is 159 Å². The molecule has 0 atom stereocenters. The fourth-order valence-electron chi connectivity index (χ4n) is 3.40. The summed E-state index contributed by atoms with van der Waals surface area (Å²) in [6, 6.07) is 5.47. The van der Waals surface area contributed by atoms with Crippen LogP contribution in [0.15, 0.2) is 22.7 Å². The standard InChI is InChI=1S/C17H21BrF2NO2PS/c18-14-12-7-4-8-13(21-10-9-11-5-2-1-3-6-11)15(12)25-16(14)17(19,20)24(22)23/h4,7-8,11,21-23H,1-3,5-6,9-10H2. The van der Waals surface area contributed by atoms with Crippen molar-refractivity contribution >= 4 is 51.4 Å². The molecule has 0 unspecified atom stereocenters. The van der Waals surface area contributed by atoms with Crippen LogP contribution in [-0.2, 0) is 5.66 Å². The monoisotopic (exact) mass is 451 g/mol. The van der Waals surface area contributed by atoms with Gasteiger partial charge in [0.2, 0.25) is 8.38 Å². The van der Waals surface area contributed by atoms with Crippen molar-refractivity contribution in [3.8, 4) is 0 Å². The highest BCUT2D eigenvalue weighted by atomic mass is 79.9. The van der Waals surface area contributed by atoms with Crippen LogP contribution in [0.2, 0.25) is 0 Å². The molecule has 3 nitrogen and oxygen atoms in total. The minimum Gasteiger partial charge on any atom is -0.384 e. The Kier molecular flexibility index (Phi) is 6.32. The van der Waals surface area contributed by atoms with Gasteiger partial charge in [0.25, 0.3) is 0 Å². The predicted molar refractivity (Wildman–Crippen MR) is 104 cm³/mol. The van der Waals surface area contributed by atoms with E-state index in [9.17, 15) is 8.78 Å². The molecule has 0 aliphatic heterocycles. The third kappa shape index (κ3) is 4.16. The summed E-state index contributed by atoms with van der Waals surface area (Å²) < 4.78 is 29.1. The molecule has 3 N–H and O–H groups in total. The summed E-state index contributed by atoms with van der Waals surface area (Å²) in [7, 11) is -3.38. The highest BCUT2D eigenvalue weighted by Gasteiger charge is 2.44. The molecule has 3 rings (SSSR count). The van der Waals surface area contributed by atoms with Gasteiger partial charge in [-0.15, -0.1) is 11.3 Å². The molecule has 1 aromatic carbocycles. The molecule has 1 aliphatic carbocycles. The van der Waals surface area contributed by atoms with Crippen molar-refractivity contribution in [1.29, 1.82) is 0 Å². The Balaban J connectivity index is 1.79. The molecule has 138 valence electrons. The molecule has 1 heterocycles. The van der Waals surface area contributed by atoms with E-state index in [1.165, 1.54) is 32.1 Å². The van der Waals surface area contributed by atoms with Crippen molar-refractivity contribution in [1.82, 2.24) is 0 Å². The van der Waals surface area contributed by atoms with Crippen LogP contribution in [0.3, 0.4) is 0 Å². The molecular formula is C17H21BrF2NO2PS. The van der Waals surface area contributed by atoms with Crippen LogP contribution in [-0.4, -0.2) is 16.3 Å². The maximum absolute atomic E-state index is 14.1. The van der Waals surface area contributed by atoms with E-state index in [1.807, 2.05) is 12.1 Å². The zero-order valence-electron chi connectivity index (χ0n) is 13.6. The molecule has 0 saturated heterocycles. The van der Waals surface area contributed by atoms with E-state index < -0.39 is 14.0 Å². The number of alkyl halides is 2. The summed E-state index contributed by atoms with van der Waals surface area (Å²) in [4.78, 5) is 17.8. The quantitative estimate of drug-likeness (QED) is 0.445. The predicted octanol–water partition coefficient (Wildman–Crippen LogP) is 6.39. The van der Waals surface area contributed by atoms with E-state index in [4.69, 9.17) is 9.79 Å². The molecule has 1 aliphatic rings. The number of halogens is 3. The largest absolute Gasteiger partial charge is 0.384 e. The van der Waals surface area contributed by atoms with Crippen molar-refractivity contribution in [2.75, 3.05) is 11.9 Å². The lowest BCUT2D eigenvalue weighted by molar-refractivity contribution is 0.0766. The molecule has 25 heavy (non-hydrogen) atoms. The number of benzene rings is 1. The van der Waals surface area contributed by atoms with E-state index in [2.05, 4.69) is 21.2 Å². The Bertz CT molecular complexity index is 735. The van der Waals surface area contributed by atoms with Gasteiger partial charge in [-0.05, 0) is 34.3 Å². The molecule has 2 aromatic rings. The first-order valence-corrected chi connectivity index (χ1v) is 11.3. The first-order chi connectivity index (χ1) is 11.9. The molecule has 1 aromatic heterocycles. The van der Waals surface area contributed by atoms with E-state index in [1.54, 1.807) is 6.07 Å². The molecule has 0 bridgehead atoms. The van der Waals surface area contributed by atoms with Crippen LogP contribution in [0.25, 0.3) is 10.1 Å². The zero-order chi connectivity index (χ0) is 18.0. The van der Waals surface area contributed by atoms with E-state index >= 15 is 0 Å². The smallest absolute Gasteiger partial charge is 0.349 e. The van der Waals surface area contributed by atoms with Crippen LogP contribution >= 0.6 is 35.6 Å². The van der Waals surface area contributed by atoms with Crippen LogP contribution in [0.5, 0.6) is 0 Å². The summed E-state index contributed by atoms with van der Waals surface area (Å²) >= 11 is 4.12. The number of hydrogen-bond acceptors (Lipinski definition) is 4. The summed E-state index contributed by atoms with van der Waals surface area (Å²) in [6.07, 6.45) is 7.60. The SMILES string of the molecule is OP(O)C(F)(F)c1sc2c(NCCC3CCCCC3)cccc2c1Br. The van der Waals surface area contributed by atoms with Gasteiger partial charge in [0.1, 0.15) is 0 Å². The fraction of sp³-hybridized carbons (Fsp3) is 0.529. The lowest BCUT2D eigenvalue weighted by atomic mass is 9.87. The summed E-state index contributed by atoms with van der Waals surface area (Å²) in [6.45, 7) is 0.817. The van der Waals surface area contributed by atoms with E-state index in [-0.39, 0.29) is 9.35 Å². The Morgan fingerprint density at radius 3 is 2.64 bits per heavy atom. The van der Waals surface area contributed by atoms with Crippen molar-refractivity contribution in [3.63, 3.8) is 0 Å². The number of thiophene rings is 1. The van der Waals surface area contributed by atoms with Crippen LogP contribution in [0.1, 0.15) is 43.4 Å². The second kappa shape index (κ2) is 8.13. The van der Waals surface area contributed by atoms with Gasteiger partial charge in [-0.2, -0.15) is 8.78 Å². The van der Waals surface area contributed by atoms with Gasteiger partial charge in [0, 0.05) is 16.4 Å². The van der Waals surface area contributed by atoms with E-state index in [0.29, 0.717) is 10.1 Å². The number of hydrogen-bond donors (Lipinski definition) is 3. The molecule has 1 fully saturated rings. The zero-order valence-corrected chi connectivity index (χ0v) is 16.9. The first kappa shape index (κ1) is 19.4. The Morgan fingerprint density at radius 2 is 1.96 bits per heavy atom. The van der Waals surface area contributed by atoms with Crippen molar-refractivity contribution in [3.05, 3.63) is 27.5 Å². The van der Waals surface area contributed by atoms with Crippen molar-refractivity contribution in [2.45, 2.75) is 44.2 Å². The normalized spacial score (nSPS) is 16.7. The number of anilines is 1. The maximum Gasteiger partial charge on any atom is 0.349 e. The van der Waals surface area contributed by atoms with Gasteiger partial charge in [0.15, 0.2) is 0 Å². The minimum absolute atomic E-state index is 0.240. The summed E-state index contributed by atoms with van der Waals surface area (Å²) in [5.74, 6) is 0.753. The van der Waals surface area contributed by atoms with Gasteiger partial charge < -0.3 is 15.1 Å². The summed E-state index contributed by atoms with van der Waals surface area (Å²) in [5.41, 5.74) is -2.82. The Hall–Kier alpha value is -0.330. The van der Waals surface area contributed by atoms with E-state index in [0.717, 1.165) is 35.9 Å². The second-order valence-corrected chi connectivity index (χ2v) is 9.43. The number of rotatable bonds is 6. The molecule has 8 heteroatoms. The second-order valence-electron chi connectivity index (χ2n) is 6.48. The first-order valence-electron chi connectivity index (χ1n) is 8.42. The molecular weight excluding hydrogens is 431 g/mol. The molecule has 0 amide bonds. The van der Waals surface area contributed by atoms with Gasteiger partial charge in [-0.25, -0.2) is 0 Å². The van der Waals surface area contributed by atoms with Crippen molar-refractivity contribution in [2.24, 2.45) is 5.92 Å². The lowest BCUT2D eigenvalue weighted by Gasteiger charge is -2.21. The highest BCUT2D eigenvalue weighted by molar-refractivity contribution is 9.10. The number of nitrogens with one attached hydrogen (secondary N) is 1. The van der Waals surface area contributed by atoms with Crippen LogP contribution < -0.4 is 5.32 Å². The lowest BCUT2D eigenvalue weighted by Crippen LogP contribution is -2.12. The van der Waals surface area contributed by atoms with Gasteiger partial charge >= 0.3 is 5.66 Å². The third-order valence-electron chi connectivity index (χ3n) is 4.77. The van der Waals surface area contributed by atoms with Gasteiger partial charge in [0.05, 0.1) is 15.3 Å². The average Bonchev–Trinajstić information content (AvgIpc) is 2.94.